The summed E-state index contributed by atoms with van der Waals surface area (Å²) in [7, 11) is 0. The van der Waals surface area contributed by atoms with Crippen molar-refractivity contribution in [2.75, 3.05) is 4.90 Å². The highest BCUT2D eigenvalue weighted by Crippen LogP contribution is 2.38. The van der Waals surface area contributed by atoms with Crippen LogP contribution in [0.4, 0.5) is 5.69 Å². The van der Waals surface area contributed by atoms with Crippen molar-refractivity contribution in [2.45, 2.75) is 58.6 Å². The Morgan fingerprint density at radius 2 is 1.76 bits per heavy atom. The van der Waals surface area contributed by atoms with Crippen LogP contribution < -0.4 is 4.90 Å². The van der Waals surface area contributed by atoms with Crippen LogP contribution in [-0.4, -0.2) is 28.1 Å². The van der Waals surface area contributed by atoms with Crippen molar-refractivity contribution in [3.63, 3.8) is 0 Å². The number of amides is 1. The van der Waals surface area contributed by atoms with Crippen LogP contribution in [0, 0.1) is 11.8 Å². The Hall–Kier alpha value is -3.12. The molecule has 1 saturated carbocycles. The molecule has 1 unspecified atom stereocenters. The molecule has 2 N–H and O–H groups in total. The number of benzene rings is 2. The maximum atomic E-state index is 13.6. The molecule has 0 aliphatic heterocycles. The third kappa shape index (κ3) is 4.27. The molecule has 0 radical (unpaired) electrons. The summed E-state index contributed by atoms with van der Waals surface area (Å²) in [5, 5.41) is 21.6. The number of aromatic carboxylic acids is 1. The van der Waals surface area contributed by atoms with E-state index in [1.54, 1.807) is 23.1 Å². The zero-order chi connectivity index (χ0) is 23.9. The van der Waals surface area contributed by atoms with Gasteiger partial charge in [-0.15, -0.1) is 6.58 Å². The maximum Gasteiger partial charge on any atom is 0.337 e. The van der Waals surface area contributed by atoms with E-state index >= 15 is 0 Å². The predicted molar refractivity (Wildman–Crippen MR) is 130 cm³/mol. The number of hydrogen-bond donors (Lipinski definition) is 2. The van der Waals surface area contributed by atoms with Crippen LogP contribution in [0.25, 0.3) is 21.9 Å². The first-order chi connectivity index (χ1) is 15.7. The van der Waals surface area contributed by atoms with Gasteiger partial charge in [0.05, 0.1) is 17.4 Å². The highest BCUT2D eigenvalue weighted by atomic mass is 16.4. The summed E-state index contributed by atoms with van der Waals surface area (Å²) in [6.45, 7) is 9.66. The van der Waals surface area contributed by atoms with Gasteiger partial charge in [0, 0.05) is 22.7 Å². The molecule has 33 heavy (non-hydrogen) atoms. The molecule has 1 heterocycles. The van der Waals surface area contributed by atoms with E-state index in [-0.39, 0.29) is 23.4 Å². The van der Waals surface area contributed by atoms with E-state index in [0.717, 1.165) is 31.1 Å². The Morgan fingerprint density at radius 1 is 1.09 bits per heavy atom. The Labute approximate surface area is 193 Å². The minimum absolute atomic E-state index is 0.0191. The van der Waals surface area contributed by atoms with Gasteiger partial charge >= 0.3 is 5.97 Å². The van der Waals surface area contributed by atoms with Crippen LogP contribution in [0.3, 0.4) is 0 Å². The second kappa shape index (κ2) is 9.02. The lowest BCUT2D eigenvalue weighted by Crippen LogP contribution is -2.42. The summed E-state index contributed by atoms with van der Waals surface area (Å²) < 4.78 is 5.92. The minimum Gasteiger partial charge on any atom is -0.478 e. The van der Waals surface area contributed by atoms with Crippen LogP contribution in [0.1, 0.15) is 68.5 Å². The third-order valence-electron chi connectivity index (χ3n) is 6.79. The highest BCUT2D eigenvalue weighted by molar-refractivity contribution is 6.12. The number of fused-ring (bicyclic) bond motifs is 3. The molecule has 1 aliphatic carbocycles. The standard InChI is InChI=1S/C27H31NO5/c1-5-23(29)18-10-11-24-19(12-18)20-13-22(21(27(31)32)14-25(20)33-24)28(15(2)3)26(30)17-8-6-16(4)7-9-17/h5,10-17,23,29H,1,6-9H2,2-4H3,(H,31,32). The number of carboxylic acid groups (broad SMARTS) is 1. The van der Waals surface area contributed by atoms with E-state index in [4.69, 9.17) is 4.42 Å². The van der Waals surface area contributed by atoms with Gasteiger partial charge in [0.2, 0.25) is 5.91 Å². The molecule has 6 nitrogen and oxygen atoms in total. The minimum atomic E-state index is -1.11. The van der Waals surface area contributed by atoms with Gasteiger partial charge in [-0.05, 0) is 75.3 Å². The van der Waals surface area contributed by atoms with E-state index in [9.17, 15) is 19.8 Å². The van der Waals surface area contributed by atoms with E-state index in [2.05, 4.69) is 13.5 Å². The van der Waals surface area contributed by atoms with Gasteiger partial charge in [-0.2, -0.15) is 0 Å². The fourth-order valence-electron chi connectivity index (χ4n) is 4.87. The van der Waals surface area contributed by atoms with Gasteiger partial charge in [-0.1, -0.05) is 19.1 Å². The molecule has 4 rings (SSSR count). The second-order valence-corrected chi connectivity index (χ2v) is 9.47. The van der Waals surface area contributed by atoms with Crippen molar-refractivity contribution in [1.82, 2.24) is 0 Å². The molecular formula is C27H31NO5. The average Bonchev–Trinajstić information content (AvgIpc) is 3.15. The summed E-state index contributed by atoms with van der Waals surface area (Å²) in [4.78, 5) is 27.5. The van der Waals surface area contributed by atoms with Crippen molar-refractivity contribution in [1.29, 1.82) is 0 Å². The topological polar surface area (TPSA) is 91.0 Å². The molecule has 3 aromatic rings. The monoisotopic (exact) mass is 449 g/mol. The lowest BCUT2D eigenvalue weighted by Gasteiger charge is -2.34. The lowest BCUT2D eigenvalue weighted by molar-refractivity contribution is -0.123. The summed E-state index contributed by atoms with van der Waals surface area (Å²) in [6, 6.07) is 8.38. The third-order valence-corrected chi connectivity index (χ3v) is 6.79. The summed E-state index contributed by atoms with van der Waals surface area (Å²) in [5.74, 6) is -0.610. The molecule has 1 fully saturated rings. The number of carbonyl (C=O) groups excluding carboxylic acids is 1. The predicted octanol–water partition coefficient (Wildman–Crippen LogP) is 6.07. The fourth-order valence-corrected chi connectivity index (χ4v) is 4.87. The van der Waals surface area contributed by atoms with Crippen molar-refractivity contribution in [3.8, 4) is 0 Å². The van der Waals surface area contributed by atoms with Gasteiger partial charge in [-0.25, -0.2) is 4.79 Å². The summed E-state index contributed by atoms with van der Waals surface area (Å²) in [6.07, 6.45) is 4.29. The number of rotatable bonds is 6. The van der Waals surface area contributed by atoms with Gasteiger partial charge in [0.1, 0.15) is 11.2 Å². The van der Waals surface area contributed by atoms with Crippen LogP contribution in [0.5, 0.6) is 0 Å². The molecule has 0 bridgehead atoms. The number of furan rings is 1. The molecule has 2 aromatic carbocycles. The lowest BCUT2D eigenvalue weighted by atomic mass is 9.82. The quantitative estimate of drug-likeness (QED) is 0.446. The number of anilines is 1. The van der Waals surface area contributed by atoms with E-state index in [0.29, 0.717) is 33.7 Å². The van der Waals surface area contributed by atoms with Crippen LogP contribution >= 0.6 is 0 Å². The zero-order valence-corrected chi connectivity index (χ0v) is 19.4. The molecule has 6 heteroatoms. The SMILES string of the molecule is C=CC(O)c1ccc2oc3cc(C(=O)O)c(N(C(=O)C4CCC(C)CC4)C(C)C)cc3c2c1. The van der Waals surface area contributed by atoms with Crippen LogP contribution in [0.15, 0.2) is 47.4 Å². The highest BCUT2D eigenvalue weighted by Gasteiger charge is 2.33. The zero-order valence-electron chi connectivity index (χ0n) is 19.4. The van der Waals surface area contributed by atoms with Crippen molar-refractivity contribution in [2.24, 2.45) is 11.8 Å². The molecule has 0 spiro atoms. The number of hydrogen-bond acceptors (Lipinski definition) is 4. The number of carboxylic acids is 1. The number of nitrogens with zero attached hydrogens (tertiary/aromatic N) is 1. The normalized spacial score (nSPS) is 19.7. The molecule has 1 amide bonds. The Kier molecular flexibility index (Phi) is 6.30. The van der Waals surface area contributed by atoms with Crippen LogP contribution in [-0.2, 0) is 4.79 Å². The molecule has 1 aliphatic rings. The first kappa shape index (κ1) is 23.1. The molecular weight excluding hydrogens is 418 g/mol. The van der Waals surface area contributed by atoms with Crippen molar-refractivity contribution in [3.05, 3.63) is 54.1 Å². The average molecular weight is 450 g/mol. The largest absolute Gasteiger partial charge is 0.478 e. The number of aliphatic hydroxyl groups is 1. The molecule has 1 aromatic heterocycles. The smallest absolute Gasteiger partial charge is 0.337 e. The summed E-state index contributed by atoms with van der Waals surface area (Å²) >= 11 is 0. The van der Waals surface area contributed by atoms with E-state index < -0.39 is 12.1 Å². The van der Waals surface area contributed by atoms with E-state index in [1.807, 2.05) is 19.9 Å². The fraction of sp³-hybridized carbons (Fsp3) is 0.407. The second-order valence-electron chi connectivity index (χ2n) is 9.47. The Balaban J connectivity index is 1.88. The number of aliphatic hydroxyl groups excluding tert-OH is 1. The Morgan fingerprint density at radius 3 is 2.36 bits per heavy atom. The Bertz CT molecular complexity index is 1220. The summed E-state index contributed by atoms with van der Waals surface area (Å²) in [5.41, 5.74) is 2.10. The first-order valence-corrected chi connectivity index (χ1v) is 11.6. The van der Waals surface area contributed by atoms with Gasteiger partial charge in [0.15, 0.2) is 0 Å². The van der Waals surface area contributed by atoms with Crippen molar-refractivity contribution < 1.29 is 24.2 Å². The maximum absolute atomic E-state index is 13.6. The van der Waals surface area contributed by atoms with Crippen molar-refractivity contribution >= 4 is 39.5 Å². The van der Waals surface area contributed by atoms with Gasteiger partial charge in [-0.3, -0.25) is 4.79 Å². The molecule has 1 atom stereocenters. The van der Waals surface area contributed by atoms with Gasteiger partial charge < -0.3 is 19.5 Å². The number of carbonyl (C=O) groups is 2. The molecule has 0 saturated heterocycles. The van der Waals surface area contributed by atoms with E-state index in [1.165, 1.54) is 12.1 Å². The molecule has 174 valence electrons. The first-order valence-electron chi connectivity index (χ1n) is 11.6. The van der Waals surface area contributed by atoms with Crippen LogP contribution in [0.2, 0.25) is 0 Å². The van der Waals surface area contributed by atoms with Gasteiger partial charge in [0.25, 0.3) is 0 Å².